The summed E-state index contributed by atoms with van der Waals surface area (Å²) in [5.41, 5.74) is 0. The first-order chi connectivity index (χ1) is 12.3. The van der Waals surface area contributed by atoms with Crippen LogP contribution in [0.2, 0.25) is 0 Å². The number of aryl methyl sites for hydroxylation is 1. The highest BCUT2D eigenvalue weighted by Crippen LogP contribution is 2.32. The van der Waals surface area contributed by atoms with Crippen molar-refractivity contribution in [3.8, 4) is 0 Å². The van der Waals surface area contributed by atoms with Crippen LogP contribution in [0.3, 0.4) is 0 Å². The van der Waals surface area contributed by atoms with Crippen LogP contribution in [-0.4, -0.2) is 47.1 Å². The van der Waals surface area contributed by atoms with Gasteiger partial charge in [-0.1, -0.05) is 39.0 Å². The van der Waals surface area contributed by atoms with Gasteiger partial charge in [-0.15, -0.1) is 11.3 Å². The van der Waals surface area contributed by atoms with E-state index in [4.69, 9.17) is 0 Å². The Bertz CT molecular complexity index is 682. The van der Waals surface area contributed by atoms with Gasteiger partial charge in [-0.05, 0) is 25.3 Å². The molecule has 1 aliphatic heterocycles. The van der Waals surface area contributed by atoms with Crippen molar-refractivity contribution in [2.45, 2.75) is 64.3 Å². The largest absolute Gasteiger partial charge is 0.353 e. The molecule has 2 fully saturated rings. The standard InChI is InChI=1S/C20H30N4S/c1-2-7-17-14-18-19(21-15-22-20(18)25-17)24-12-10-23(11-13-24)16-8-5-3-4-6-9-16/h14-16H,2-13H2,1H3. The summed E-state index contributed by atoms with van der Waals surface area (Å²) in [6.45, 7) is 6.80. The molecule has 0 amide bonds. The monoisotopic (exact) mass is 358 g/mol. The number of piperazine rings is 1. The van der Waals surface area contributed by atoms with Gasteiger partial charge in [0.15, 0.2) is 0 Å². The molecule has 2 aliphatic rings. The van der Waals surface area contributed by atoms with Crippen LogP contribution < -0.4 is 4.90 Å². The van der Waals surface area contributed by atoms with Gasteiger partial charge in [-0.3, -0.25) is 4.90 Å². The summed E-state index contributed by atoms with van der Waals surface area (Å²) in [5.74, 6) is 1.16. The van der Waals surface area contributed by atoms with Crippen molar-refractivity contribution in [1.82, 2.24) is 14.9 Å². The molecule has 0 aromatic carbocycles. The zero-order chi connectivity index (χ0) is 17.1. The molecule has 1 saturated heterocycles. The first-order valence-corrected chi connectivity index (χ1v) is 10.9. The molecule has 0 unspecified atom stereocenters. The van der Waals surface area contributed by atoms with Crippen molar-refractivity contribution < 1.29 is 0 Å². The topological polar surface area (TPSA) is 32.3 Å². The van der Waals surface area contributed by atoms with E-state index in [0.717, 1.165) is 36.2 Å². The quantitative estimate of drug-likeness (QED) is 0.754. The van der Waals surface area contributed by atoms with Crippen molar-refractivity contribution in [3.05, 3.63) is 17.3 Å². The highest BCUT2D eigenvalue weighted by molar-refractivity contribution is 7.18. The maximum Gasteiger partial charge on any atom is 0.140 e. The fraction of sp³-hybridized carbons (Fsp3) is 0.700. The van der Waals surface area contributed by atoms with Crippen LogP contribution in [0.5, 0.6) is 0 Å². The van der Waals surface area contributed by atoms with Crippen molar-refractivity contribution in [3.63, 3.8) is 0 Å². The van der Waals surface area contributed by atoms with Gasteiger partial charge in [0.1, 0.15) is 17.0 Å². The average Bonchev–Trinajstić information content (AvgIpc) is 2.87. The number of thiophene rings is 1. The molecule has 0 spiro atoms. The zero-order valence-corrected chi connectivity index (χ0v) is 16.2. The van der Waals surface area contributed by atoms with E-state index in [0.29, 0.717) is 0 Å². The van der Waals surface area contributed by atoms with Crippen molar-refractivity contribution in [1.29, 1.82) is 0 Å². The predicted octanol–water partition coefficient (Wildman–Crippen LogP) is 4.49. The second kappa shape index (κ2) is 8.00. The van der Waals surface area contributed by atoms with E-state index >= 15 is 0 Å². The Kier molecular flexibility index (Phi) is 5.51. The van der Waals surface area contributed by atoms with Gasteiger partial charge in [0.25, 0.3) is 0 Å². The van der Waals surface area contributed by atoms with Crippen LogP contribution in [-0.2, 0) is 6.42 Å². The second-order valence-corrected chi connectivity index (χ2v) is 8.66. The van der Waals surface area contributed by atoms with Gasteiger partial charge >= 0.3 is 0 Å². The zero-order valence-electron chi connectivity index (χ0n) is 15.4. The molecule has 4 nitrogen and oxygen atoms in total. The lowest BCUT2D eigenvalue weighted by Gasteiger charge is -2.39. The Balaban J connectivity index is 1.46. The van der Waals surface area contributed by atoms with Crippen LogP contribution >= 0.6 is 11.3 Å². The summed E-state index contributed by atoms with van der Waals surface area (Å²) < 4.78 is 0. The van der Waals surface area contributed by atoms with E-state index in [-0.39, 0.29) is 0 Å². The molecule has 3 heterocycles. The van der Waals surface area contributed by atoms with Gasteiger partial charge in [0.05, 0.1) is 5.39 Å². The Morgan fingerprint density at radius 2 is 1.80 bits per heavy atom. The van der Waals surface area contributed by atoms with Crippen LogP contribution in [0.1, 0.15) is 56.7 Å². The summed E-state index contributed by atoms with van der Waals surface area (Å²) >= 11 is 1.84. The minimum absolute atomic E-state index is 0.826. The molecule has 5 heteroatoms. The molecule has 25 heavy (non-hydrogen) atoms. The Morgan fingerprint density at radius 1 is 1.04 bits per heavy atom. The molecule has 1 aliphatic carbocycles. The normalized spacial score (nSPS) is 20.9. The van der Waals surface area contributed by atoms with Gasteiger partial charge in [-0.2, -0.15) is 0 Å². The SMILES string of the molecule is CCCc1cc2c(N3CCN(C4CCCCCC4)CC3)ncnc2s1. The lowest BCUT2D eigenvalue weighted by molar-refractivity contribution is 0.169. The highest BCUT2D eigenvalue weighted by atomic mass is 32.1. The van der Waals surface area contributed by atoms with E-state index in [1.165, 1.54) is 68.3 Å². The molecule has 0 bridgehead atoms. The molecular weight excluding hydrogens is 328 g/mol. The lowest BCUT2D eigenvalue weighted by atomic mass is 10.1. The summed E-state index contributed by atoms with van der Waals surface area (Å²) in [5, 5.41) is 1.26. The van der Waals surface area contributed by atoms with E-state index < -0.39 is 0 Å². The van der Waals surface area contributed by atoms with Crippen LogP contribution in [0.25, 0.3) is 10.2 Å². The van der Waals surface area contributed by atoms with Gasteiger partial charge in [-0.25, -0.2) is 9.97 Å². The van der Waals surface area contributed by atoms with Crippen LogP contribution in [0.15, 0.2) is 12.4 Å². The molecule has 0 atom stereocenters. The number of hydrogen-bond donors (Lipinski definition) is 0. The number of hydrogen-bond acceptors (Lipinski definition) is 5. The first-order valence-electron chi connectivity index (χ1n) is 10.1. The molecule has 1 saturated carbocycles. The third kappa shape index (κ3) is 3.82. The number of nitrogens with zero attached hydrogens (tertiary/aromatic N) is 4. The number of aromatic nitrogens is 2. The number of fused-ring (bicyclic) bond motifs is 1. The van der Waals surface area contributed by atoms with Crippen molar-refractivity contribution in [2.24, 2.45) is 0 Å². The molecule has 0 radical (unpaired) electrons. The van der Waals surface area contributed by atoms with E-state index in [1.54, 1.807) is 6.33 Å². The highest BCUT2D eigenvalue weighted by Gasteiger charge is 2.26. The maximum atomic E-state index is 4.66. The lowest BCUT2D eigenvalue weighted by Crippen LogP contribution is -2.50. The van der Waals surface area contributed by atoms with Gasteiger partial charge in [0, 0.05) is 37.1 Å². The van der Waals surface area contributed by atoms with E-state index in [2.05, 4.69) is 32.8 Å². The number of anilines is 1. The fourth-order valence-corrected chi connectivity index (χ4v) is 5.53. The Labute approximate surface area is 155 Å². The maximum absolute atomic E-state index is 4.66. The summed E-state index contributed by atoms with van der Waals surface area (Å²) in [6.07, 6.45) is 12.6. The average molecular weight is 359 g/mol. The minimum atomic E-state index is 0.826. The minimum Gasteiger partial charge on any atom is -0.353 e. The van der Waals surface area contributed by atoms with Crippen molar-refractivity contribution >= 4 is 27.4 Å². The predicted molar refractivity (Wildman–Crippen MR) is 107 cm³/mol. The van der Waals surface area contributed by atoms with Crippen LogP contribution in [0.4, 0.5) is 5.82 Å². The smallest absolute Gasteiger partial charge is 0.140 e. The van der Waals surface area contributed by atoms with Gasteiger partial charge in [0.2, 0.25) is 0 Å². The third-order valence-corrected chi connectivity index (χ3v) is 6.91. The van der Waals surface area contributed by atoms with Gasteiger partial charge < -0.3 is 4.90 Å². The molecule has 2 aromatic heterocycles. The third-order valence-electron chi connectivity index (χ3n) is 5.81. The fourth-order valence-electron chi connectivity index (χ4n) is 4.44. The molecule has 2 aromatic rings. The van der Waals surface area contributed by atoms with E-state index in [1.807, 2.05) is 11.3 Å². The molecule has 4 rings (SSSR count). The van der Waals surface area contributed by atoms with E-state index in [9.17, 15) is 0 Å². The van der Waals surface area contributed by atoms with Crippen molar-refractivity contribution in [2.75, 3.05) is 31.1 Å². The summed E-state index contributed by atoms with van der Waals surface area (Å²) in [7, 11) is 0. The van der Waals surface area contributed by atoms with Crippen LogP contribution in [0, 0.1) is 0 Å². The Hall–Kier alpha value is -1.20. The first kappa shape index (κ1) is 17.2. The Morgan fingerprint density at radius 3 is 2.52 bits per heavy atom. The summed E-state index contributed by atoms with van der Waals surface area (Å²) in [4.78, 5) is 17.0. The number of rotatable bonds is 4. The molecule has 136 valence electrons. The summed E-state index contributed by atoms with van der Waals surface area (Å²) in [6, 6.07) is 3.16. The molecule has 0 N–H and O–H groups in total. The molecular formula is C20H30N4S. The second-order valence-electron chi connectivity index (χ2n) is 7.55.